The highest BCUT2D eigenvalue weighted by atomic mass is 35.5. The summed E-state index contributed by atoms with van der Waals surface area (Å²) >= 11 is 6.13. The van der Waals surface area contributed by atoms with E-state index in [1.165, 1.54) is 0 Å². The summed E-state index contributed by atoms with van der Waals surface area (Å²) < 4.78 is 1.73. The van der Waals surface area contributed by atoms with Crippen LogP contribution in [0.2, 0.25) is 5.02 Å². The van der Waals surface area contributed by atoms with Gasteiger partial charge in [0.05, 0.1) is 18.3 Å². The number of hydrogen-bond acceptors (Lipinski definition) is 3. The van der Waals surface area contributed by atoms with Gasteiger partial charge in [0.1, 0.15) is 0 Å². The van der Waals surface area contributed by atoms with E-state index in [1.54, 1.807) is 17.1 Å². The smallest absolute Gasteiger partial charge is 0.254 e. The quantitative estimate of drug-likeness (QED) is 0.895. The van der Waals surface area contributed by atoms with Crippen LogP contribution in [-0.4, -0.2) is 34.8 Å². The Bertz CT molecular complexity index is 638. The zero-order valence-electron chi connectivity index (χ0n) is 12.0. The largest absolute Gasteiger partial charge is 0.348 e. The fraction of sp³-hybridized carbons (Fsp3) is 0.333. The SMILES string of the molecule is Cl.O=C(NC1CCNC1)c1cnn(Cc2ccccc2Cl)c1. The van der Waals surface area contributed by atoms with Crippen molar-refractivity contribution in [2.24, 2.45) is 0 Å². The van der Waals surface area contributed by atoms with Gasteiger partial charge < -0.3 is 10.6 Å². The van der Waals surface area contributed by atoms with Crippen LogP contribution in [0.5, 0.6) is 0 Å². The number of aromatic nitrogens is 2. The first-order chi connectivity index (χ1) is 10.2. The number of nitrogens with zero attached hydrogens (tertiary/aromatic N) is 2. The standard InChI is InChI=1S/C15H17ClN4O.ClH/c16-14-4-2-1-3-11(14)9-20-10-12(7-18-20)15(21)19-13-5-6-17-8-13;/h1-4,7,10,13,17H,5-6,8-9H2,(H,19,21);1H. The third kappa shape index (κ3) is 4.00. The molecule has 0 aliphatic carbocycles. The van der Waals surface area contributed by atoms with E-state index >= 15 is 0 Å². The molecule has 3 rings (SSSR count). The van der Waals surface area contributed by atoms with Gasteiger partial charge in [-0.05, 0) is 24.6 Å². The van der Waals surface area contributed by atoms with Gasteiger partial charge in [-0.25, -0.2) is 0 Å². The number of nitrogens with one attached hydrogen (secondary N) is 2. The van der Waals surface area contributed by atoms with E-state index in [2.05, 4.69) is 15.7 Å². The fourth-order valence-corrected chi connectivity index (χ4v) is 2.61. The minimum atomic E-state index is -0.0749. The molecule has 0 radical (unpaired) electrons. The molecule has 0 bridgehead atoms. The lowest BCUT2D eigenvalue weighted by molar-refractivity contribution is 0.0940. The Morgan fingerprint density at radius 1 is 1.45 bits per heavy atom. The number of amides is 1. The maximum Gasteiger partial charge on any atom is 0.254 e. The summed E-state index contributed by atoms with van der Waals surface area (Å²) in [5.41, 5.74) is 1.56. The van der Waals surface area contributed by atoms with Crippen LogP contribution < -0.4 is 10.6 Å². The number of halogens is 2. The summed E-state index contributed by atoms with van der Waals surface area (Å²) in [6.07, 6.45) is 4.31. The van der Waals surface area contributed by atoms with Crippen molar-refractivity contribution in [2.75, 3.05) is 13.1 Å². The molecule has 2 N–H and O–H groups in total. The normalized spacial score (nSPS) is 17.0. The van der Waals surface area contributed by atoms with Gasteiger partial charge in [0.25, 0.3) is 5.91 Å². The van der Waals surface area contributed by atoms with Gasteiger partial charge in [0.2, 0.25) is 0 Å². The Hall–Kier alpha value is -1.56. The summed E-state index contributed by atoms with van der Waals surface area (Å²) in [5.74, 6) is -0.0749. The molecule has 1 aromatic carbocycles. The second-order valence-electron chi connectivity index (χ2n) is 5.18. The van der Waals surface area contributed by atoms with Crippen molar-refractivity contribution in [3.8, 4) is 0 Å². The van der Waals surface area contributed by atoms with Gasteiger partial charge in [-0.15, -0.1) is 12.4 Å². The van der Waals surface area contributed by atoms with E-state index < -0.39 is 0 Å². The zero-order chi connectivity index (χ0) is 14.7. The van der Waals surface area contributed by atoms with E-state index in [9.17, 15) is 4.79 Å². The van der Waals surface area contributed by atoms with Crippen LogP contribution in [0, 0.1) is 0 Å². The molecule has 1 unspecified atom stereocenters. The van der Waals surface area contributed by atoms with Crippen LogP contribution in [0.4, 0.5) is 0 Å². The Kier molecular flexibility index (Phi) is 5.83. The van der Waals surface area contributed by atoms with Gasteiger partial charge in [0, 0.05) is 23.8 Å². The maximum absolute atomic E-state index is 12.1. The highest BCUT2D eigenvalue weighted by Gasteiger charge is 2.18. The molecule has 1 amide bonds. The second kappa shape index (κ2) is 7.63. The fourth-order valence-electron chi connectivity index (χ4n) is 2.42. The lowest BCUT2D eigenvalue weighted by Gasteiger charge is -2.09. The molecule has 1 atom stereocenters. The topological polar surface area (TPSA) is 59.0 Å². The average molecular weight is 341 g/mol. The first-order valence-corrected chi connectivity index (χ1v) is 7.37. The lowest BCUT2D eigenvalue weighted by Crippen LogP contribution is -2.36. The average Bonchev–Trinajstić information content (AvgIpc) is 3.13. The van der Waals surface area contributed by atoms with E-state index in [0.29, 0.717) is 17.1 Å². The summed E-state index contributed by atoms with van der Waals surface area (Å²) in [4.78, 5) is 12.1. The van der Waals surface area contributed by atoms with Crippen molar-refractivity contribution in [1.82, 2.24) is 20.4 Å². The Morgan fingerprint density at radius 3 is 3.00 bits per heavy atom. The molecular formula is C15H18Cl2N4O. The van der Waals surface area contributed by atoms with Crippen LogP contribution in [0.15, 0.2) is 36.7 Å². The Labute approximate surface area is 140 Å². The van der Waals surface area contributed by atoms with Crippen LogP contribution in [0.1, 0.15) is 22.3 Å². The van der Waals surface area contributed by atoms with E-state index in [-0.39, 0.29) is 24.4 Å². The highest BCUT2D eigenvalue weighted by Crippen LogP contribution is 2.16. The first kappa shape index (κ1) is 16.8. The molecule has 7 heteroatoms. The predicted octanol–water partition coefficient (Wildman–Crippen LogP) is 2.10. The van der Waals surface area contributed by atoms with Crippen molar-refractivity contribution >= 4 is 29.9 Å². The van der Waals surface area contributed by atoms with Crippen molar-refractivity contribution in [1.29, 1.82) is 0 Å². The van der Waals surface area contributed by atoms with Crippen molar-refractivity contribution in [3.05, 3.63) is 52.8 Å². The molecule has 1 fully saturated rings. The molecule has 22 heavy (non-hydrogen) atoms. The van der Waals surface area contributed by atoms with E-state index in [1.807, 2.05) is 24.3 Å². The molecule has 2 heterocycles. The summed E-state index contributed by atoms with van der Waals surface area (Å²) in [7, 11) is 0. The summed E-state index contributed by atoms with van der Waals surface area (Å²) in [6.45, 7) is 2.34. The molecule has 118 valence electrons. The number of hydrogen-bond donors (Lipinski definition) is 2. The molecule has 5 nitrogen and oxygen atoms in total. The van der Waals surface area contributed by atoms with Gasteiger partial charge >= 0.3 is 0 Å². The zero-order valence-corrected chi connectivity index (χ0v) is 13.5. The molecular weight excluding hydrogens is 323 g/mol. The third-order valence-electron chi connectivity index (χ3n) is 3.58. The van der Waals surface area contributed by atoms with Crippen LogP contribution in [0.3, 0.4) is 0 Å². The molecule has 1 saturated heterocycles. The van der Waals surface area contributed by atoms with Gasteiger partial charge in [-0.3, -0.25) is 9.48 Å². The maximum atomic E-state index is 12.1. The van der Waals surface area contributed by atoms with Crippen LogP contribution >= 0.6 is 24.0 Å². The summed E-state index contributed by atoms with van der Waals surface area (Å²) in [5, 5.41) is 11.2. The Morgan fingerprint density at radius 2 is 2.27 bits per heavy atom. The Balaban J connectivity index is 0.00000176. The number of rotatable bonds is 4. The van der Waals surface area contributed by atoms with Crippen LogP contribution in [-0.2, 0) is 6.54 Å². The molecule has 0 saturated carbocycles. The van der Waals surface area contributed by atoms with Crippen molar-refractivity contribution in [3.63, 3.8) is 0 Å². The van der Waals surface area contributed by atoms with Gasteiger partial charge in [0.15, 0.2) is 0 Å². The van der Waals surface area contributed by atoms with E-state index in [0.717, 1.165) is 25.1 Å². The first-order valence-electron chi connectivity index (χ1n) is 7.00. The van der Waals surface area contributed by atoms with Gasteiger partial charge in [-0.1, -0.05) is 29.8 Å². The number of carbonyl (C=O) groups is 1. The van der Waals surface area contributed by atoms with Gasteiger partial charge in [-0.2, -0.15) is 5.10 Å². The number of carbonyl (C=O) groups excluding carboxylic acids is 1. The molecule has 1 aromatic heterocycles. The van der Waals surface area contributed by atoms with Crippen molar-refractivity contribution < 1.29 is 4.79 Å². The molecule has 0 spiro atoms. The van der Waals surface area contributed by atoms with E-state index in [4.69, 9.17) is 11.6 Å². The highest BCUT2D eigenvalue weighted by molar-refractivity contribution is 6.31. The predicted molar refractivity (Wildman–Crippen MR) is 88.8 cm³/mol. The summed E-state index contributed by atoms with van der Waals surface area (Å²) in [6, 6.07) is 7.84. The molecule has 1 aliphatic rings. The molecule has 2 aromatic rings. The number of benzene rings is 1. The minimum Gasteiger partial charge on any atom is -0.348 e. The van der Waals surface area contributed by atoms with Crippen molar-refractivity contribution in [2.45, 2.75) is 19.0 Å². The lowest BCUT2D eigenvalue weighted by atomic mass is 10.2. The second-order valence-corrected chi connectivity index (χ2v) is 5.59. The molecule has 1 aliphatic heterocycles. The monoisotopic (exact) mass is 340 g/mol. The third-order valence-corrected chi connectivity index (χ3v) is 3.95. The van der Waals surface area contributed by atoms with Crippen LogP contribution in [0.25, 0.3) is 0 Å². The minimum absolute atomic E-state index is 0.